The van der Waals surface area contributed by atoms with Crippen molar-refractivity contribution in [3.63, 3.8) is 0 Å². The summed E-state index contributed by atoms with van der Waals surface area (Å²) >= 11 is 0. The minimum Gasteiger partial charge on any atom is -0.330 e. The standard InChI is InChI=1S/C11H20N2/c12-6-2-1-3-10-8-4-5-9(7-8)11(10)13/h4-5,8-11H,1-3,6-7,12-13H2. The van der Waals surface area contributed by atoms with Crippen molar-refractivity contribution < 1.29 is 0 Å². The molecule has 1 fully saturated rings. The molecule has 0 aromatic rings. The third kappa shape index (κ3) is 1.65. The van der Waals surface area contributed by atoms with Crippen molar-refractivity contribution in [3.05, 3.63) is 12.2 Å². The predicted octanol–water partition coefficient (Wildman–Crippen LogP) is 1.26. The fourth-order valence-corrected chi connectivity index (χ4v) is 2.89. The van der Waals surface area contributed by atoms with Gasteiger partial charge in [-0.25, -0.2) is 0 Å². The van der Waals surface area contributed by atoms with Crippen LogP contribution in [0.2, 0.25) is 0 Å². The Kier molecular flexibility index (Phi) is 2.70. The summed E-state index contributed by atoms with van der Waals surface area (Å²) < 4.78 is 0. The van der Waals surface area contributed by atoms with Crippen molar-refractivity contribution in [1.29, 1.82) is 0 Å². The van der Waals surface area contributed by atoms with E-state index in [0.29, 0.717) is 12.0 Å². The third-order valence-corrected chi connectivity index (χ3v) is 3.68. The highest BCUT2D eigenvalue weighted by atomic mass is 14.7. The summed E-state index contributed by atoms with van der Waals surface area (Å²) in [6.45, 7) is 0.825. The summed E-state index contributed by atoms with van der Waals surface area (Å²) in [4.78, 5) is 0. The first-order valence-corrected chi connectivity index (χ1v) is 5.47. The van der Waals surface area contributed by atoms with Crippen molar-refractivity contribution >= 4 is 0 Å². The van der Waals surface area contributed by atoms with Gasteiger partial charge >= 0.3 is 0 Å². The molecule has 4 atom stereocenters. The van der Waals surface area contributed by atoms with E-state index in [1.807, 2.05) is 0 Å². The molecule has 0 aromatic heterocycles. The van der Waals surface area contributed by atoms with Crippen LogP contribution in [-0.2, 0) is 0 Å². The second-order valence-corrected chi connectivity index (χ2v) is 4.47. The van der Waals surface area contributed by atoms with E-state index < -0.39 is 0 Å². The van der Waals surface area contributed by atoms with Crippen LogP contribution in [0.15, 0.2) is 12.2 Å². The summed E-state index contributed by atoms with van der Waals surface area (Å²) in [5.74, 6) is 2.23. The largest absolute Gasteiger partial charge is 0.330 e. The molecule has 0 heterocycles. The first-order chi connectivity index (χ1) is 6.33. The Morgan fingerprint density at radius 2 is 1.92 bits per heavy atom. The number of fused-ring (bicyclic) bond motifs is 2. The van der Waals surface area contributed by atoms with Gasteiger partial charge in [0.25, 0.3) is 0 Å². The van der Waals surface area contributed by atoms with Gasteiger partial charge in [-0.05, 0) is 43.6 Å². The topological polar surface area (TPSA) is 52.0 Å². The minimum absolute atomic E-state index is 0.438. The highest BCUT2D eigenvalue weighted by Gasteiger charge is 2.41. The van der Waals surface area contributed by atoms with E-state index in [-0.39, 0.29) is 0 Å². The summed E-state index contributed by atoms with van der Waals surface area (Å²) in [7, 11) is 0. The molecule has 0 amide bonds. The Balaban J connectivity index is 1.83. The maximum atomic E-state index is 6.16. The van der Waals surface area contributed by atoms with Crippen LogP contribution < -0.4 is 11.5 Å². The van der Waals surface area contributed by atoms with Crippen LogP contribution in [0.5, 0.6) is 0 Å². The second-order valence-electron chi connectivity index (χ2n) is 4.47. The molecule has 2 bridgehead atoms. The lowest BCUT2D eigenvalue weighted by atomic mass is 9.85. The van der Waals surface area contributed by atoms with Gasteiger partial charge in [0.1, 0.15) is 0 Å². The molecule has 2 aliphatic rings. The molecule has 0 saturated heterocycles. The molecule has 74 valence electrons. The Morgan fingerprint density at radius 3 is 2.54 bits per heavy atom. The highest BCUT2D eigenvalue weighted by Crippen LogP contribution is 2.44. The zero-order chi connectivity index (χ0) is 9.26. The van der Waals surface area contributed by atoms with Gasteiger partial charge in [0.15, 0.2) is 0 Å². The SMILES string of the molecule is NCCCCC1C2C=CC(C2)C1N. The van der Waals surface area contributed by atoms with Crippen LogP contribution in [0.1, 0.15) is 25.7 Å². The summed E-state index contributed by atoms with van der Waals surface area (Å²) in [6.07, 6.45) is 9.70. The van der Waals surface area contributed by atoms with Crippen LogP contribution >= 0.6 is 0 Å². The number of unbranched alkanes of at least 4 members (excludes halogenated alkanes) is 1. The zero-order valence-electron chi connectivity index (χ0n) is 8.15. The van der Waals surface area contributed by atoms with Gasteiger partial charge in [0.2, 0.25) is 0 Å². The minimum atomic E-state index is 0.438. The van der Waals surface area contributed by atoms with Crippen molar-refractivity contribution in [2.24, 2.45) is 29.2 Å². The van der Waals surface area contributed by atoms with Gasteiger partial charge in [-0.1, -0.05) is 18.6 Å². The second kappa shape index (κ2) is 3.81. The average Bonchev–Trinajstić information content (AvgIpc) is 2.69. The van der Waals surface area contributed by atoms with Crippen molar-refractivity contribution in [2.75, 3.05) is 6.54 Å². The van der Waals surface area contributed by atoms with Gasteiger partial charge in [-0.2, -0.15) is 0 Å². The van der Waals surface area contributed by atoms with Gasteiger partial charge < -0.3 is 11.5 Å². The van der Waals surface area contributed by atoms with Gasteiger partial charge in [-0.15, -0.1) is 0 Å². The van der Waals surface area contributed by atoms with E-state index >= 15 is 0 Å². The molecule has 2 rings (SSSR count). The molecular weight excluding hydrogens is 160 g/mol. The zero-order valence-corrected chi connectivity index (χ0v) is 8.15. The van der Waals surface area contributed by atoms with Crippen LogP contribution in [0.4, 0.5) is 0 Å². The molecule has 0 aromatic carbocycles. The molecule has 13 heavy (non-hydrogen) atoms. The molecule has 0 spiro atoms. The molecule has 4 N–H and O–H groups in total. The van der Waals surface area contributed by atoms with E-state index in [0.717, 1.165) is 24.8 Å². The molecule has 0 aliphatic heterocycles. The Morgan fingerprint density at radius 1 is 1.15 bits per heavy atom. The predicted molar refractivity (Wildman–Crippen MR) is 55.1 cm³/mol. The third-order valence-electron chi connectivity index (χ3n) is 3.68. The van der Waals surface area contributed by atoms with Crippen molar-refractivity contribution in [1.82, 2.24) is 0 Å². The first kappa shape index (κ1) is 9.22. The number of rotatable bonds is 4. The molecular formula is C11H20N2. The van der Waals surface area contributed by atoms with E-state index in [4.69, 9.17) is 11.5 Å². The van der Waals surface area contributed by atoms with E-state index in [1.54, 1.807) is 0 Å². The molecule has 1 saturated carbocycles. The van der Waals surface area contributed by atoms with Crippen LogP contribution in [0.25, 0.3) is 0 Å². The Labute approximate surface area is 80.4 Å². The summed E-state index contributed by atoms with van der Waals surface area (Å²) in [5.41, 5.74) is 11.6. The Hall–Kier alpha value is -0.340. The van der Waals surface area contributed by atoms with Crippen LogP contribution in [-0.4, -0.2) is 12.6 Å². The van der Waals surface area contributed by atoms with Crippen LogP contribution in [0.3, 0.4) is 0 Å². The van der Waals surface area contributed by atoms with E-state index in [9.17, 15) is 0 Å². The fourth-order valence-electron chi connectivity index (χ4n) is 2.89. The molecule has 2 heteroatoms. The number of hydrogen-bond donors (Lipinski definition) is 2. The fraction of sp³-hybridized carbons (Fsp3) is 0.818. The average molecular weight is 180 g/mol. The van der Waals surface area contributed by atoms with E-state index in [2.05, 4.69) is 12.2 Å². The van der Waals surface area contributed by atoms with Crippen molar-refractivity contribution in [3.8, 4) is 0 Å². The molecule has 4 unspecified atom stereocenters. The normalized spacial score (nSPS) is 41.7. The van der Waals surface area contributed by atoms with E-state index in [1.165, 1.54) is 19.3 Å². The molecule has 0 radical (unpaired) electrons. The lowest BCUT2D eigenvalue weighted by Crippen LogP contribution is -2.33. The number of hydrogen-bond acceptors (Lipinski definition) is 2. The maximum absolute atomic E-state index is 6.16. The summed E-state index contributed by atoms with van der Waals surface area (Å²) in [5, 5.41) is 0. The maximum Gasteiger partial charge on any atom is 0.0136 e. The van der Waals surface area contributed by atoms with Gasteiger partial charge in [-0.3, -0.25) is 0 Å². The highest BCUT2D eigenvalue weighted by molar-refractivity contribution is 5.15. The molecule has 2 aliphatic carbocycles. The van der Waals surface area contributed by atoms with Crippen LogP contribution in [0, 0.1) is 17.8 Å². The monoisotopic (exact) mass is 180 g/mol. The quantitative estimate of drug-likeness (QED) is 0.505. The lowest BCUT2D eigenvalue weighted by Gasteiger charge is -2.24. The van der Waals surface area contributed by atoms with Crippen molar-refractivity contribution in [2.45, 2.75) is 31.7 Å². The lowest BCUT2D eigenvalue weighted by molar-refractivity contribution is 0.356. The molecule has 2 nitrogen and oxygen atoms in total. The van der Waals surface area contributed by atoms with Gasteiger partial charge in [0, 0.05) is 6.04 Å². The smallest absolute Gasteiger partial charge is 0.0136 e. The van der Waals surface area contributed by atoms with Gasteiger partial charge in [0.05, 0.1) is 0 Å². The Bertz CT molecular complexity index is 200. The first-order valence-electron chi connectivity index (χ1n) is 5.47. The number of allylic oxidation sites excluding steroid dienone is 1. The number of nitrogens with two attached hydrogens (primary N) is 2. The summed E-state index contributed by atoms with van der Waals surface area (Å²) in [6, 6.07) is 0.438.